The van der Waals surface area contributed by atoms with Gasteiger partial charge in [0.25, 0.3) is 0 Å². The molecule has 58 valence electrons. The van der Waals surface area contributed by atoms with E-state index in [1.165, 1.54) is 0 Å². The van der Waals surface area contributed by atoms with Crippen molar-refractivity contribution in [2.75, 3.05) is 49.3 Å². The second kappa shape index (κ2) is 4.77. The summed E-state index contributed by atoms with van der Waals surface area (Å²) in [5, 5.41) is 0. The Morgan fingerprint density at radius 2 is 0.778 bits per heavy atom. The highest BCUT2D eigenvalue weighted by atomic mass is 15.2. The van der Waals surface area contributed by atoms with Gasteiger partial charge in [-0.25, -0.2) is 0 Å². The molecule has 0 aromatic carbocycles. The van der Waals surface area contributed by atoms with Gasteiger partial charge in [-0.3, -0.25) is 0 Å². The van der Waals surface area contributed by atoms with E-state index in [1.54, 1.807) is 0 Å². The lowest BCUT2D eigenvalue weighted by Gasteiger charge is -2.14. The fourth-order valence-electron chi connectivity index (χ4n) is 0. The number of quaternary nitrogens is 1. The van der Waals surface area contributed by atoms with Crippen LogP contribution in [0.5, 0.6) is 0 Å². The van der Waals surface area contributed by atoms with E-state index in [1.807, 2.05) is 26.0 Å². The van der Waals surface area contributed by atoms with Crippen molar-refractivity contribution in [3.8, 4) is 0 Å². The molecule has 9 heavy (non-hydrogen) atoms. The predicted molar refractivity (Wildman–Crippen MR) is 43.6 cm³/mol. The smallest absolute Gasteiger partial charge is 0.0675 e. The minimum absolute atomic E-state index is 1.00. The van der Waals surface area contributed by atoms with Crippen LogP contribution in [0.2, 0.25) is 0 Å². The summed E-state index contributed by atoms with van der Waals surface area (Å²) < 4.78 is 1.00. The molecule has 2 heteroatoms. The minimum Gasteiger partial charge on any atom is -0.333 e. The SMILES string of the molecule is CN(C)C.C[N+](C)(C)C. The Balaban J connectivity index is 0. The van der Waals surface area contributed by atoms with Crippen LogP contribution in [0.15, 0.2) is 0 Å². The second-order valence-corrected chi connectivity index (χ2v) is 4.02. The summed E-state index contributed by atoms with van der Waals surface area (Å²) in [6, 6.07) is 0. The van der Waals surface area contributed by atoms with Crippen LogP contribution in [0.25, 0.3) is 0 Å². The average Bonchev–Trinajstić information content (AvgIpc) is 1.19. The number of rotatable bonds is 0. The summed E-state index contributed by atoms with van der Waals surface area (Å²) in [6.07, 6.45) is 0. The largest absolute Gasteiger partial charge is 0.333 e. The van der Waals surface area contributed by atoms with Crippen molar-refractivity contribution >= 4 is 0 Å². The molecule has 0 atom stereocenters. The summed E-state index contributed by atoms with van der Waals surface area (Å²) in [7, 11) is 14.5. The fraction of sp³-hybridized carbons (Fsp3) is 1.00. The summed E-state index contributed by atoms with van der Waals surface area (Å²) in [5.74, 6) is 0. The Bertz CT molecular complexity index is 43.7. The molecule has 0 fully saturated rings. The highest BCUT2D eigenvalue weighted by Crippen LogP contribution is 1.73. The molecule has 0 spiro atoms. The maximum atomic E-state index is 2.12. The molecule has 0 aliphatic heterocycles. The Labute approximate surface area is 59.7 Å². The summed E-state index contributed by atoms with van der Waals surface area (Å²) in [4.78, 5) is 2.00. The van der Waals surface area contributed by atoms with E-state index in [0.717, 1.165) is 4.48 Å². The highest BCUT2D eigenvalue weighted by Gasteiger charge is 1.88. The number of hydrogen-bond donors (Lipinski definition) is 0. The molecule has 2 nitrogen and oxygen atoms in total. The van der Waals surface area contributed by atoms with Crippen LogP contribution in [-0.2, 0) is 0 Å². The van der Waals surface area contributed by atoms with E-state index in [4.69, 9.17) is 0 Å². The topological polar surface area (TPSA) is 3.24 Å². The number of hydrogen-bond acceptors (Lipinski definition) is 1. The molecule has 0 saturated heterocycles. The standard InChI is InChI=1S/C4H12N.C3H9N/c1-5(2,3)4;1-4(2)3/h1-4H3;1-3H3/q+1;. The van der Waals surface area contributed by atoms with E-state index in [2.05, 4.69) is 28.2 Å². The maximum Gasteiger partial charge on any atom is 0.0675 e. The third-order valence-corrected chi connectivity index (χ3v) is 0. The van der Waals surface area contributed by atoms with Gasteiger partial charge in [0, 0.05) is 0 Å². The van der Waals surface area contributed by atoms with Crippen molar-refractivity contribution in [2.24, 2.45) is 0 Å². The second-order valence-electron chi connectivity index (χ2n) is 4.02. The molecule has 0 N–H and O–H groups in total. The van der Waals surface area contributed by atoms with Gasteiger partial charge in [-0.05, 0) is 21.1 Å². The molecular weight excluding hydrogens is 112 g/mol. The Morgan fingerprint density at radius 1 is 0.778 bits per heavy atom. The quantitative estimate of drug-likeness (QED) is 0.435. The lowest BCUT2D eigenvalue weighted by Crippen LogP contribution is -2.27. The van der Waals surface area contributed by atoms with E-state index < -0.39 is 0 Å². The van der Waals surface area contributed by atoms with Crippen LogP contribution in [-0.4, -0.2) is 58.7 Å². The Morgan fingerprint density at radius 3 is 0.778 bits per heavy atom. The molecule has 0 rings (SSSR count). The van der Waals surface area contributed by atoms with Crippen LogP contribution in [0, 0.1) is 0 Å². The zero-order chi connectivity index (χ0) is 8.08. The first-order chi connectivity index (χ1) is 3.73. The van der Waals surface area contributed by atoms with E-state index in [9.17, 15) is 0 Å². The lowest BCUT2D eigenvalue weighted by atomic mass is 10.8. The molecule has 0 radical (unpaired) electrons. The Kier molecular flexibility index (Phi) is 6.19. The molecule has 0 aliphatic rings. The van der Waals surface area contributed by atoms with Gasteiger partial charge in [-0.2, -0.15) is 0 Å². The first kappa shape index (κ1) is 11.7. The van der Waals surface area contributed by atoms with Gasteiger partial charge in [0.05, 0.1) is 28.2 Å². The van der Waals surface area contributed by atoms with Crippen LogP contribution < -0.4 is 0 Å². The molecule has 0 saturated carbocycles. The van der Waals surface area contributed by atoms with E-state index in [0.29, 0.717) is 0 Å². The first-order valence-electron chi connectivity index (χ1n) is 3.13. The molecule has 0 bridgehead atoms. The van der Waals surface area contributed by atoms with Crippen molar-refractivity contribution in [1.29, 1.82) is 0 Å². The summed E-state index contributed by atoms with van der Waals surface area (Å²) in [5.41, 5.74) is 0. The van der Waals surface area contributed by atoms with Gasteiger partial charge in [-0.1, -0.05) is 0 Å². The predicted octanol–water partition coefficient (Wildman–Crippen LogP) is 0.500. The van der Waals surface area contributed by atoms with Gasteiger partial charge in [0.15, 0.2) is 0 Å². The third kappa shape index (κ3) is 43400. The van der Waals surface area contributed by atoms with Crippen LogP contribution in [0.1, 0.15) is 0 Å². The normalized spacial score (nSPS) is 10.7. The van der Waals surface area contributed by atoms with Gasteiger partial charge in [0.2, 0.25) is 0 Å². The van der Waals surface area contributed by atoms with Crippen LogP contribution in [0.4, 0.5) is 0 Å². The molecule has 0 amide bonds. The first-order valence-corrected chi connectivity index (χ1v) is 3.13. The van der Waals surface area contributed by atoms with Crippen molar-refractivity contribution < 1.29 is 4.48 Å². The van der Waals surface area contributed by atoms with Gasteiger partial charge in [-0.15, -0.1) is 0 Å². The molecule has 0 aliphatic carbocycles. The van der Waals surface area contributed by atoms with Crippen LogP contribution >= 0.6 is 0 Å². The minimum atomic E-state index is 1.00. The van der Waals surface area contributed by atoms with Crippen molar-refractivity contribution in [3.63, 3.8) is 0 Å². The zero-order valence-corrected chi connectivity index (χ0v) is 7.89. The number of nitrogens with zero attached hydrogens (tertiary/aromatic N) is 2. The molecule has 0 unspecified atom stereocenters. The van der Waals surface area contributed by atoms with Crippen LogP contribution in [0.3, 0.4) is 0 Å². The lowest BCUT2D eigenvalue weighted by molar-refractivity contribution is -0.849. The maximum absolute atomic E-state index is 2.12. The van der Waals surface area contributed by atoms with Gasteiger partial charge in [0.1, 0.15) is 0 Å². The zero-order valence-electron chi connectivity index (χ0n) is 7.89. The molecule has 0 aromatic rings. The molecule has 0 aromatic heterocycles. The van der Waals surface area contributed by atoms with Crippen molar-refractivity contribution in [2.45, 2.75) is 0 Å². The molecular formula is C7H21N2+. The third-order valence-electron chi connectivity index (χ3n) is 0. The average molecular weight is 133 g/mol. The monoisotopic (exact) mass is 133 g/mol. The summed E-state index contributed by atoms with van der Waals surface area (Å²) in [6.45, 7) is 0. The van der Waals surface area contributed by atoms with E-state index >= 15 is 0 Å². The van der Waals surface area contributed by atoms with E-state index in [-0.39, 0.29) is 0 Å². The van der Waals surface area contributed by atoms with Crippen molar-refractivity contribution in [3.05, 3.63) is 0 Å². The Hall–Kier alpha value is -0.0800. The fourth-order valence-corrected chi connectivity index (χ4v) is 0. The van der Waals surface area contributed by atoms with Gasteiger partial charge >= 0.3 is 0 Å². The van der Waals surface area contributed by atoms with Crippen molar-refractivity contribution in [1.82, 2.24) is 4.90 Å². The molecule has 0 heterocycles. The summed E-state index contributed by atoms with van der Waals surface area (Å²) >= 11 is 0. The van der Waals surface area contributed by atoms with Gasteiger partial charge < -0.3 is 9.38 Å². The highest BCUT2D eigenvalue weighted by molar-refractivity contribution is 4.09.